The molecular weight excluding hydrogens is 272 g/mol. The van der Waals surface area contributed by atoms with Crippen molar-refractivity contribution in [2.24, 2.45) is 0 Å². The van der Waals surface area contributed by atoms with E-state index >= 15 is 0 Å². The van der Waals surface area contributed by atoms with Crippen LogP contribution in [0.2, 0.25) is 0 Å². The Kier molecular flexibility index (Phi) is 4.87. The van der Waals surface area contributed by atoms with Gasteiger partial charge in [-0.3, -0.25) is 4.79 Å². The van der Waals surface area contributed by atoms with Crippen LogP contribution in [-0.2, 0) is 11.3 Å². The third kappa shape index (κ3) is 4.61. The van der Waals surface area contributed by atoms with E-state index in [1.165, 1.54) is 16.8 Å². The summed E-state index contributed by atoms with van der Waals surface area (Å²) in [6.07, 6.45) is 4.09. The summed E-state index contributed by atoms with van der Waals surface area (Å²) < 4.78 is 6.85. The zero-order valence-electron chi connectivity index (χ0n) is 11.2. The molecule has 108 valence electrons. The highest BCUT2D eigenvalue weighted by Crippen LogP contribution is 2.14. The van der Waals surface area contributed by atoms with Crippen LogP contribution in [0.3, 0.4) is 0 Å². The van der Waals surface area contributed by atoms with Crippen LogP contribution in [0.1, 0.15) is 5.56 Å². The highest BCUT2D eigenvalue weighted by atomic mass is 16.5. The number of rotatable bonds is 6. The molecule has 0 aliphatic carbocycles. The Morgan fingerprint density at radius 1 is 1.33 bits per heavy atom. The van der Waals surface area contributed by atoms with Gasteiger partial charge in [0, 0.05) is 18.3 Å². The molecule has 0 spiro atoms. The molecule has 0 saturated carbocycles. The third-order valence-electron chi connectivity index (χ3n) is 2.63. The summed E-state index contributed by atoms with van der Waals surface area (Å²) in [5, 5.41) is 12.5. The monoisotopic (exact) mass is 286 g/mol. The van der Waals surface area contributed by atoms with Gasteiger partial charge in [0.15, 0.2) is 0 Å². The maximum Gasteiger partial charge on any atom is 0.328 e. The molecule has 0 radical (unpaired) electrons. The molecule has 1 heterocycles. The van der Waals surface area contributed by atoms with Crippen LogP contribution in [0.15, 0.2) is 53.5 Å². The van der Waals surface area contributed by atoms with Gasteiger partial charge >= 0.3 is 5.97 Å². The van der Waals surface area contributed by atoms with E-state index in [1.807, 2.05) is 0 Å². The van der Waals surface area contributed by atoms with Crippen LogP contribution in [0.4, 0.5) is 0 Å². The SMILES string of the molecule is O=C(O)C=Cc1cccc(OCCn2ncccc2=O)c1. The molecule has 1 aromatic heterocycles. The summed E-state index contributed by atoms with van der Waals surface area (Å²) in [5.74, 6) is -0.401. The fourth-order valence-corrected chi connectivity index (χ4v) is 1.68. The van der Waals surface area contributed by atoms with E-state index in [1.54, 1.807) is 36.5 Å². The minimum Gasteiger partial charge on any atom is -0.492 e. The van der Waals surface area contributed by atoms with Crippen LogP contribution in [0, 0.1) is 0 Å². The van der Waals surface area contributed by atoms with Gasteiger partial charge < -0.3 is 9.84 Å². The summed E-state index contributed by atoms with van der Waals surface area (Å²) in [5.41, 5.74) is 0.546. The normalized spacial score (nSPS) is 10.7. The summed E-state index contributed by atoms with van der Waals surface area (Å²) in [4.78, 5) is 21.9. The first-order valence-electron chi connectivity index (χ1n) is 6.31. The molecule has 0 amide bonds. The standard InChI is InChI=1S/C15H14N2O4/c18-14-5-2-8-16-17(14)9-10-21-13-4-1-3-12(11-13)6-7-15(19)20/h1-8,11H,9-10H2,(H,19,20). The lowest BCUT2D eigenvalue weighted by molar-refractivity contribution is -0.131. The van der Waals surface area contributed by atoms with Gasteiger partial charge in [0.05, 0.1) is 6.54 Å². The molecule has 0 saturated heterocycles. The van der Waals surface area contributed by atoms with Gasteiger partial charge in [0.1, 0.15) is 12.4 Å². The summed E-state index contributed by atoms with van der Waals surface area (Å²) in [6, 6.07) is 10.0. The molecule has 21 heavy (non-hydrogen) atoms. The summed E-state index contributed by atoms with van der Waals surface area (Å²) >= 11 is 0. The molecule has 0 aliphatic rings. The number of nitrogens with zero attached hydrogens (tertiary/aromatic N) is 2. The molecular formula is C15H14N2O4. The molecule has 2 rings (SSSR count). The number of ether oxygens (including phenoxy) is 1. The predicted octanol–water partition coefficient (Wildman–Crippen LogP) is 1.42. The van der Waals surface area contributed by atoms with E-state index in [4.69, 9.17) is 9.84 Å². The van der Waals surface area contributed by atoms with E-state index in [0.29, 0.717) is 18.9 Å². The first-order valence-corrected chi connectivity index (χ1v) is 6.31. The average molecular weight is 286 g/mol. The smallest absolute Gasteiger partial charge is 0.328 e. The molecule has 0 unspecified atom stereocenters. The van der Waals surface area contributed by atoms with E-state index in [0.717, 1.165) is 11.6 Å². The van der Waals surface area contributed by atoms with E-state index in [-0.39, 0.29) is 5.56 Å². The van der Waals surface area contributed by atoms with Gasteiger partial charge in [-0.2, -0.15) is 5.10 Å². The van der Waals surface area contributed by atoms with Crippen molar-refractivity contribution in [3.63, 3.8) is 0 Å². The van der Waals surface area contributed by atoms with Crippen molar-refractivity contribution in [1.82, 2.24) is 9.78 Å². The molecule has 6 heteroatoms. The number of carboxylic acid groups (broad SMARTS) is 1. The molecule has 1 N–H and O–H groups in total. The zero-order valence-corrected chi connectivity index (χ0v) is 11.2. The predicted molar refractivity (Wildman–Crippen MR) is 77.1 cm³/mol. The second-order valence-electron chi connectivity index (χ2n) is 4.18. The zero-order chi connectivity index (χ0) is 15.1. The van der Waals surface area contributed by atoms with Crippen molar-refractivity contribution in [2.45, 2.75) is 6.54 Å². The lowest BCUT2D eigenvalue weighted by atomic mass is 10.2. The Balaban J connectivity index is 1.95. The fourth-order valence-electron chi connectivity index (χ4n) is 1.68. The second kappa shape index (κ2) is 7.04. The van der Waals surface area contributed by atoms with Crippen molar-refractivity contribution >= 4 is 12.0 Å². The Labute approximate surface area is 120 Å². The molecule has 0 bridgehead atoms. The summed E-state index contributed by atoms with van der Waals surface area (Å²) in [6.45, 7) is 0.637. The fraction of sp³-hybridized carbons (Fsp3) is 0.133. The number of aromatic nitrogens is 2. The molecule has 0 aliphatic heterocycles. The van der Waals surface area contributed by atoms with Crippen molar-refractivity contribution in [3.05, 3.63) is 64.6 Å². The minimum absolute atomic E-state index is 0.181. The lowest BCUT2D eigenvalue weighted by Gasteiger charge is -2.07. The number of hydrogen-bond donors (Lipinski definition) is 1. The van der Waals surface area contributed by atoms with E-state index < -0.39 is 5.97 Å². The largest absolute Gasteiger partial charge is 0.492 e. The van der Waals surface area contributed by atoms with Crippen molar-refractivity contribution in [2.75, 3.05) is 6.61 Å². The van der Waals surface area contributed by atoms with Gasteiger partial charge in [-0.05, 0) is 29.8 Å². The average Bonchev–Trinajstić information content (AvgIpc) is 2.48. The Morgan fingerprint density at radius 3 is 2.95 bits per heavy atom. The molecule has 0 atom stereocenters. The van der Waals surface area contributed by atoms with Crippen molar-refractivity contribution in [3.8, 4) is 5.75 Å². The Hall–Kier alpha value is -2.89. The number of aliphatic carboxylic acids is 1. The van der Waals surface area contributed by atoms with Crippen LogP contribution >= 0.6 is 0 Å². The Morgan fingerprint density at radius 2 is 2.19 bits per heavy atom. The third-order valence-corrected chi connectivity index (χ3v) is 2.63. The van der Waals surface area contributed by atoms with Gasteiger partial charge in [-0.1, -0.05) is 12.1 Å². The van der Waals surface area contributed by atoms with Gasteiger partial charge in [-0.15, -0.1) is 0 Å². The molecule has 0 fully saturated rings. The van der Waals surface area contributed by atoms with Crippen LogP contribution < -0.4 is 10.3 Å². The lowest BCUT2D eigenvalue weighted by Crippen LogP contribution is -2.24. The van der Waals surface area contributed by atoms with E-state index in [9.17, 15) is 9.59 Å². The quantitative estimate of drug-likeness (QED) is 0.812. The van der Waals surface area contributed by atoms with Crippen LogP contribution in [-0.4, -0.2) is 27.5 Å². The van der Waals surface area contributed by atoms with Crippen LogP contribution in [0.5, 0.6) is 5.75 Å². The molecule has 2 aromatic rings. The first kappa shape index (κ1) is 14.5. The molecule has 6 nitrogen and oxygen atoms in total. The van der Waals surface area contributed by atoms with Crippen molar-refractivity contribution < 1.29 is 14.6 Å². The Bertz CT molecular complexity index is 707. The van der Waals surface area contributed by atoms with Crippen molar-refractivity contribution in [1.29, 1.82) is 0 Å². The summed E-state index contributed by atoms with van der Waals surface area (Å²) in [7, 11) is 0. The van der Waals surface area contributed by atoms with Gasteiger partial charge in [-0.25, -0.2) is 9.48 Å². The maximum absolute atomic E-state index is 11.4. The number of benzene rings is 1. The number of carbonyl (C=O) groups is 1. The van der Waals surface area contributed by atoms with E-state index in [2.05, 4.69) is 5.10 Å². The number of carboxylic acids is 1. The van der Waals surface area contributed by atoms with Gasteiger partial charge in [0.2, 0.25) is 0 Å². The van der Waals surface area contributed by atoms with Gasteiger partial charge in [0.25, 0.3) is 5.56 Å². The maximum atomic E-state index is 11.4. The number of hydrogen-bond acceptors (Lipinski definition) is 4. The highest BCUT2D eigenvalue weighted by molar-refractivity contribution is 5.85. The molecule has 1 aromatic carbocycles. The second-order valence-corrected chi connectivity index (χ2v) is 4.18. The first-order chi connectivity index (χ1) is 10.1. The topological polar surface area (TPSA) is 81.4 Å². The highest BCUT2D eigenvalue weighted by Gasteiger charge is 1.98. The minimum atomic E-state index is -1.00. The van der Waals surface area contributed by atoms with Crippen LogP contribution in [0.25, 0.3) is 6.08 Å².